The summed E-state index contributed by atoms with van der Waals surface area (Å²) in [5, 5.41) is 0. The average molecular weight is 252 g/mol. The molecule has 1 aromatic heterocycles. The molecule has 4 heteroatoms. The number of nitrogens with zero attached hydrogens (tertiary/aromatic N) is 1. The van der Waals surface area contributed by atoms with Gasteiger partial charge in [-0.3, -0.25) is 9.59 Å². The van der Waals surface area contributed by atoms with E-state index in [4.69, 9.17) is 0 Å². The number of carbonyl (C=O) groups excluding carboxylic acids is 2. The molecule has 0 spiro atoms. The van der Waals surface area contributed by atoms with Gasteiger partial charge in [-0.2, -0.15) is 0 Å². The van der Waals surface area contributed by atoms with Crippen molar-refractivity contribution in [1.82, 2.24) is 4.98 Å². The summed E-state index contributed by atoms with van der Waals surface area (Å²) in [4.78, 5) is 27.1. The lowest BCUT2D eigenvalue weighted by atomic mass is 10.00. The molecule has 1 heterocycles. The van der Waals surface area contributed by atoms with Crippen LogP contribution in [0.5, 0.6) is 0 Å². The zero-order chi connectivity index (χ0) is 10.3. The van der Waals surface area contributed by atoms with Crippen LogP contribution in [0.2, 0.25) is 0 Å². The molecule has 0 radical (unpaired) electrons. The molecule has 1 aromatic rings. The van der Waals surface area contributed by atoms with E-state index in [-0.39, 0.29) is 21.7 Å². The Hall–Kier alpha value is -1.29. The van der Waals surface area contributed by atoms with Crippen molar-refractivity contribution in [2.75, 3.05) is 0 Å². The predicted molar refractivity (Wildman–Crippen MR) is 54.6 cm³/mol. The number of halogens is 1. The fourth-order valence-electron chi connectivity index (χ4n) is 1.30. The van der Waals surface area contributed by atoms with Crippen molar-refractivity contribution >= 4 is 27.5 Å². The number of ketones is 2. The molecule has 0 atom stereocenters. The molecule has 0 saturated carbocycles. The van der Waals surface area contributed by atoms with Gasteiger partial charge < -0.3 is 0 Å². The van der Waals surface area contributed by atoms with Crippen LogP contribution in [0.4, 0.5) is 0 Å². The molecule has 0 saturated heterocycles. The van der Waals surface area contributed by atoms with E-state index >= 15 is 0 Å². The quantitative estimate of drug-likeness (QED) is 0.709. The number of Topliss-reactive ketones (excluding diaryl/α,β-unsaturated/α-hetero) is 1. The smallest absolute Gasteiger partial charge is 0.219 e. The highest BCUT2D eigenvalue weighted by Crippen LogP contribution is 2.23. The molecule has 14 heavy (non-hydrogen) atoms. The summed E-state index contributed by atoms with van der Waals surface area (Å²) in [6, 6.07) is 3.35. The van der Waals surface area contributed by atoms with Gasteiger partial charge in [0.1, 0.15) is 5.69 Å². The average Bonchev–Trinajstić information content (AvgIpc) is 2.14. The number of fused-ring (bicyclic) bond motifs is 1. The van der Waals surface area contributed by atoms with E-state index in [0.717, 1.165) is 5.69 Å². The fourth-order valence-corrected chi connectivity index (χ4v) is 1.70. The summed E-state index contributed by atoms with van der Waals surface area (Å²) in [5.41, 5.74) is 1.35. The van der Waals surface area contributed by atoms with Crippen molar-refractivity contribution in [2.45, 2.75) is 6.92 Å². The third-order valence-corrected chi connectivity index (χ3v) is 2.58. The fraction of sp³-hybridized carbons (Fsp3) is 0.100. The first kappa shape index (κ1) is 9.27. The molecule has 3 nitrogen and oxygen atoms in total. The Morgan fingerprint density at radius 3 is 2.71 bits per heavy atom. The van der Waals surface area contributed by atoms with Crippen molar-refractivity contribution in [2.24, 2.45) is 0 Å². The lowest BCUT2D eigenvalue weighted by Crippen LogP contribution is -2.16. The number of aromatic nitrogens is 1. The van der Waals surface area contributed by atoms with E-state index < -0.39 is 0 Å². The SMILES string of the molecule is Cc1ccc2c(n1)C(=O)C(Br)=CC2=O. The van der Waals surface area contributed by atoms with E-state index in [1.165, 1.54) is 6.08 Å². The van der Waals surface area contributed by atoms with Crippen LogP contribution in [0.1, 0.15) is 26.5 Å². The third kappa shape index (κ3) is 1.32. The van der Waals surface area contributed by atoms with Gasteiger partial charge in [0.2, 0.25) is 5.78 Å². The predicted octanol–water partition coefficient (Wildman–Crippen LogP) is 2.05. The number of carbonyl (C=O) groups is 2. The van der Waals surface area contributed by atoms with Crippen LogP contribution in [-0.4, -0.2) is 16.6 Å². The van der Waals surface area contributed by atoms with E-state index in [2.05, 4.69) is 20.9 Å². The first-order chi connectivity index (χ1) is 6.59. The minimum Gasteiger partial charge on any atom is -0.289 e. The second-order valence-corrected chi connectivity index (χ2v) is 3.89. The van der Waals surface area contributed by atoms with Gasteiger partial charge in [0.15, 0.2) is 5.78 Å². The molecule has 0 aromatic carbocycles. The Bertz CT molecular complexity index is 477. The maximum Gasteiger partial charge on any atom is 0.219 e. The summed E-state index contributed by atoms with van der Waals surface area (Å²) >= 11 is 3.04. The molecular weight excluding hydrogens is 246 g/mol. The monoisotopic (exact) mass is 251 g/mol. The largest absolute Gasteiger partial charge is 0.289 e. The molecular formula is C10H6BrNO2. The number of hydrogen-bond acceptors (Lipinski definition) is 3. The summed E-state index contributed by atoms with van der Waals surface area (Å²) in [6.45, 7) is 1.78. The number of hydrogen-bond donors (Lipinski definition) is 0. The van der Waals surface area contributed by atoms with Crippen LogP contribution < -0.4 is 0 Å². The van der Waals surface area contributed by atoms with Crippen molar-refractivity contribution in [3.8, 4) is 0 Å². The van der Waals surface area contributed by atoms with Gasteiger partial charge in [-0.05, 0) is 35.0 Å². The van der Waals surface area contributed by atoms with E-state index in [0.29, 0.717) is 5.56 Å². The molecule has 0 N–H and O–H groups in total. The Kier molecular flexibility index (Phi) is 2.07. The van der Waals surface area contributed by atoms with Crippen molar-refractivity contribution in [1.29, 1.82) is 0 Å². The molecule has 0 amide bonds. The summed E-state index contributed by atoms with van der Waals surface area (Å²) in [6.07, 6.45) is 1.28. The lowest BCUT2D eigenvalue weighted by molar-refractivity contribution is 0.0988. The Morgan fingerprint density at radius 2 is 2.00 bits per heavy atom. The van der Waals surface area contributed by atoms with E-state index in [9.17, 15) is 9.59 Å². The zero-order valence-electron chi connectivity index (χ0n) is 7.37. The van der Waals surface area contributed by atoms with Crippen LogP contribution in [0.25, 0.3) is 0 Å². The summed E-state index contributed by atoms with van der Waals surface area (Å²) in [5.74, 6) is -0.415. The highest BCUT2D eigenvalue weighted by Gasteiger charge is 2.25. The van der Waals surface area contributed by atoms with Crippen molar-refractivity contribution in [3.05, 3.63) is 39.6 Å². The minimum atomic E-state index is -0.233. The number of pyridine rings is 1. The van der Waals surface area contributed by atoms with Gasteiger partial charge in [0.25, 0.3) is 0 Å². The van der Waals surface area contributed by atoms with Gasteiger partial charge in [-0.15, -0.1) is 0 Å². The van der Waals surface area contributed by atoms with Crippen LogP contribution >= 0.6 is 15.9 Å². The summed E-state index contributed by atoms with van der Waals surface area (Å²) in [7, 11) is 0. The molecule has 0 bridgehead atoms. The van der Waals surface area contributed by atoms with Crippen molar-refractivity contribution < 1.29 is 9.59 Å². The van der Waals surface area contributed by atoms with Gasteiger partial charge >= 0.3 is 0 Å². The standard InChI is InChI=1S/C10H6BrNO2/c1-5-2-3-6-8(13)4-7(11)10(14)9(6)12-5/h2-4H,1H3. The highest BCUT2D eigenvalue weighted by molar-refractivity contribution is 9.12. The molecule has 1 aliphatic carbocycles. The highest BCUT2D eigenvalue weighted by atomic mass is 79.9. The first-order valence-electron chi connectivity index (χ1n) is 4.03. The van der Waals surface area contributed by atoms with Crippen LogP contribution in [-0.2, 0) is 0 Å². The second kappa shape index (κ2) is 3.13. The summed E-state index contributed by atoms with van der Waals surface area (Å²) < 4.78 is 0.271. The van der Waals surface area contributed by atoms with Crippen LogP contribution in [0.3, 0.4) is 0 Å². The van der Waals surface area contributed by atoms with Gasteiger partial charge in [-0.1, -0.05) is 0 Å². The molecule has 0 fully saturated rings. The van der Waals surface area contributed by atoms with Crippen LogP contribution in [0.15, 0.2) is 22.7 Å². The zero-order valence-corrected chi connectivity index (χ0v) is 8.96. The van der Waals surface area contributed by atoms with Gasteiger partial charge in [-0.25, -0.2) is 4.98 Å². The number of rotatable bonds is 0. The first-order valence-corrected chi connectivity index (χ1v) is 4.83. The normalized spacial score (nSPS) is 15.1. The van der Waals surface area contributed by atoms with Crippen molar-refractivity contribution in [3.63, 3.8) is 0 Å². The van der Waals surface area contributed by atoms with Gasteiger partial charge in [0, 0.05) is 11.8 Å². The number of aryl methyl sites for hydroxylation is 1. The van der Waals surface area contributed by atoms with E-state index in [1.807, 2.05) is 0 Å². The Labute approximate surface area is 89.0 Å². The maximum atomic E-state index is 11.6. The van der Waals surface area contributed by atoms with Gasteiger partial charge in [0.05, 0.1) is 10.0 Å². The number of allylic oxidation sites excluding steroid dienone is 2. The Morgan fingerprint density at radius 1 is 1.29 bits per heavy atom. The third-order valence-electron chi connectivity index (χ3n) is 1.99. The van der Waals surface area contributed by atoms with Crippen LogP contribution in [0, 0.1) is 6.92 Å². The van der Waals surface area contributed by atoms with E-state index in [1.54, 1.807) is 19.1 Å². The molecule has 1 aliphatic rings. The molecule has 0 aliphatic heterocycles. The topological polar surface area (TPSA) is 47.0 Å². The lowest BCUT2D eigenvalue weighted by Gasteiger charge is -2.10. The Balaban J connectivity index is 2.69. The molecule has 70 valence electrons. The minimum absolute atomic E-state index is 0.182. The molecule has 2 rings (SSSR count). The second-order valence-electron chi connectivity index (χ2n) is 3.03. The maximum absolute atomic E-state index is 11.6. The molecule has 0 unspecified atom stereocenters.